The summed E-state index contributed by atoms with van der Waals surface area (Å²) in [5.41, 5.74) is 6.82. The van der Waals surface area contributed by atoms with Gasteiger partial charge < -0.3 is 19.1 Å². The molecule has 0 atom stereocenters. The lowest BCUT2D eigenvalue weighted by Crippen LogP contribution is -2.45. The van der Waals surface area contributed by atoms with Crippen molar-refractivity contribution in [2.24, 2.45) is 0 Å². The van der Waals surface area contributed by atoms with E-state index in [-0.39, 0.29) is 18.0 Å². The fraction of sp³-hybridized carbons (Fsp3) is 0.382. The van der Waals surface area contributed by atoms with Crippen molar-refractivity contribution in [1.82, 2.24) is 14.6 Å². The van der Waals surface area contributed by atoms with Crippen LogP contribution < -0.4 is 9.64 Å². The van der Waals surface area contributed by atoms with E-state index in [1.54, 1.807) is 0 Å². The molecular formula is C34H37ClN4O4. The number of aromatic nitrogens is 3. The number of anilines is 1. The first-order valence-corrected chi connectivity index (χ1v) is 15.2. The fourth-order valence-electron chi connectivity index (χ4n) is 5.89. The third-order valence-electron chi connectivity index (χ3n) is 8.52. The summed E-state index contributed by atoms with van der Waals surface area (Å²) in [5.74, 6) is 1.32. The number of hydrogen-bond donors (Lipinski definition) is 0. The molecule has 0 radical (unpaired) electrons. The second kappa shape index (κ2) is 12.0. The molecule has 2 aromatic heterocycles. The van der Waals surface area contributed by atoms with Crippen LogP contribution in [0.5, 0.6) is 5.75 Å². The van der Waals surface area contributed by atoms with Gasteiger partial charge >= 0.3 is 5.97 Å². The van der Waals surface area contributed by atoms with Gasteiger partial charge in [0, 0.05) is 46.6 Å². The summed E-state index contributed by atoms with van der Waals surface area (Å²) in [7, 11) is 1.41. The molecule has 0 amide bonds. The molecule has 0 unspecified atom stereocenters. The van der Waals surface area contributed by atoms with Crippen LogP contribution in [-0.2, 0) is 20.7 Å². The first-order chi connectivity index (χ1) is 20.7. The van der Waals surface area contributed by atoms with Crippen molar-refractivity contribution in [2.45, 2.75) is 52.1 Å². The number of ether oxygens (including phenoxy) is 3. The highest BCUT2D eigenvalue weighted by molar-refractivity contribution is 6.31. The Morgan fingerprint density at radius 1 is 1.09 bits per heavy atom. The molecule has 1 saturated heterocycles. The minimum absolute atomic E-state index is 0.124. The summed E-state index contributed by atoms with van der Waals surface area (Å²) >= 11 is 6.52. The Balaban J connectivity index is 1.51. The number of fused-ring (bicyclic) bond motifs is 7. The van der Waals surface area contributed by atoms with E-state index >= 15 is 0 Å². The smallest absolute Gasteiger partial charge is 0.310 e. The standard InChI is InChI=1S/C34H37ClN4O4/c1-22-17-27-24-9-8-10-25(18-24)29-21-31-36-23(2)26(19-32(40)41-4)33(39(31)37-29)38-13-11-34(3,12-14-38)43-16-7-5-6-15-42-30(27)20-28(22)35/h5,7-10,17-18,20-21H,6,11-16,19H2,1-4H3/b7-5+. The maximum atomic E-state index is 12.5. The highest BCUT2D eigenvalue weighted by atomic mass is 35.5. The predicted molar refractivity (Wildman–Crippen MR) is 169 cm³/mol. The number of carbonyl (C=O) groups is 1. The Hall–Kier alpha value is -3.88. The number of methoxy groups -OCH3 is 1. The van der Waals surface area contributed by atoms with Crippen LogP contribution >= 0.6 is 11.6 Å². The molecule has 0 spiro atoms. The van der Waals surface area contributed by atoms with Gasteiger partial charge in [-0.3, -0.25) is 4.79 Å². The molecule has 8 nitrogen and oxygen atoms in total. The van der Waals surface area contributed by atoms with Gasteiger partial charge in [-0.15, -0.1) is 0 Å². The second-order valence-electron chi connectivity index (χ2n) is 11.6. The van der Waals surface area contributed by atoms with E-state index in [1.165, 1.54) is 7.11 Å². The number of carbonyl (C=O) groups excluding carboxylic acids is 1. The molecule has 43 heavy (non-hydrogen) atoms. The molecule has 9 heteroatoms. The first kappa shape index (κ1) is 29.2. The van der Waals surface area contributed by atoms with E-state index in [2.05, 4.69) is 48.2 Å². The Kier molecular flexibility index (Phi) is 8.16. The van der Waals surface area contributed by atoms with Gasteiger partial charge in [-0.1, -0.05) is 42.0 Å². The molecule has 5 heterocycles. The highest BCUT2D eigenvalue weighted by Gasteiger charge is 2.33. The van der Waals surface area contributed by atoms with Crippen LogP contribution in [0.4, 0.5) is 5.82 Å². The minimum atomic E-state index is -0.305. The van der Waals surface area contributed by atoms with Gasteiger partial charge in [0.15, 0.2) is 5.65 Å². The van der Waals surface area contributed by atoms with Crippen molar-refractivity contribution < 1.29 is 19.0 Å². The molecule has 0 aliphatic carbocycles. The SMILES string of the molecule is COC(=O)Cc1c(C)nc2cc3nn2c1N1CCC(C)(CC1)OC/C=C/CCOc1cc(Cl)c(C)cc1-c1cccc-3c1. The summed E-state index contributed by atoms with van der Waals surface area (Å²) in [4.78, 5) is 19.7. The Bertz CT molecular complexity index is 1700. The fourth-order valence-corrected chi connectivity index (χ4v) is 6.04. The van der Waals surface area contributed by atoms with E-state index in [0.29, 0.717) is 18.2 Å². The normalized spacial score (nSPS) is 17.4. The Labute approximate surface area is 257 Å². The van der Waals surface area contributed by atoms with E-state index in [4.69, 9.17) is 35.9 Å². The number of halogens is 1. The topological polar surface area (TPSA) is 78.2 Å². The first-order valence-electron chi connectivity index (χ1n) is 14.8. The molecule has 3 aliphatic rings. The Morgan fingerprint density at radius 2 is 1.88 bits per heavy atom. The maximum absolute atomic E-state index is 12.5. The van der Waals surface area contributed by atoms with Crippen molar-refractivity contribution in [3.63, 3.8) is 0 Å². The second-order valence-corrected chi connectivity index (χ2v) is 12.0. The van der Waals surface area contributed by atoms with E-state index in [9.17, 15) is 4.79 Å². The van der Waals surface area contributed by atoms with E-state index in [1.807, 2.05) is 36.6 Å². The molecule has 0 saturated carbocycles. The maximum Gasteiger partial charge on any atom is 0.310 e. The number of hydrogen-bond acceptors (Lipinski definition) is 7. The largest absolute Gasteiger partial charge is 0.493 e. The van der Waals surface area contributed by atoms with Gasteiger partial charge in [-0.05, 0) is 69.4 Å². The quantitative estimate of drug-likeness (QED) is 0.186. The van der Waals surface area contributed by atoms with Crippen LogP contribution in [0.2, 0.25) is 5.02 Å². The molecule has 224 valence electrons. The molecule has 6 bridgehead atoms. The Morgan fingerprint density at radius 3 is 2.67 bits per heavy atom. The zero-order chi connectivity index (χ0) is 30.1. The number of esters is 1. The van der Waals surface area contributed by atoms with Crippen LogP contribution in [0.25, 0.3) is 28.0 Å². The minimum Gasteiger partial charge on any atom is -0.493 e. The lowest BCUT2D eigenvalue weighted by molar-refractivity contribution is -0.139. The summed E-state index contributed by atoms with van der Waals surface area (Å²) < 4.78 is 19.6. The number of nitrogens with zero attached hydrogens (tertiary/aromatic N) is 4. The van der Waals surface area contributed by atoms with Crippen molar-refractivity contribution in [3.8, 4) is 28.1 Å². The van der Waals surface area contributed by atoms with Crippen LogP contribution in [0.15, 0.2) is 54.6 Å². The van der Waals surface area contributed by atoms with Crippen molar-refractivity contribution >= 4 is 29.0 Å². The van der Waals surface area contributed by atoms with Gasteiger partial charge in [0.25, 0.3) is 0 Å². The van der Waals surface area contributed by atoms with Crippen LogP contribution in [0.3, 0.4) is 0 Å². The number of aryl methyl sites for hydroxylation is 2. The number of benzene rings is 2. The highest BCUT2D eigenvalue weighted by Crippen LogP contribution is 2.38. The van der Waals surface area contributed by atoms with E-state index in [0.717, 1.165) is 88.8 Å². The van der Waals surface area contributed by atoms with Crippen molar-refractivity contribution in [2.75, 3.05) is 38.3 Å². The number of piperidine rings is 1. The van der Waals surface area contributed by atoms with Gasteiger partial charge in [0.05, 0.1) is 38.0 Å². The predicted octanol–water partition coefficient (Wildman–Crippen LogP) is 6.76. The average molecular weight is 601 g/mol. The molecule has 2 aromatic carbocycles. The summed E-state index contributed by atoms with van der Waals surface area (Å²) in [6.45, 7) is 8.73. The van der Waals surface area contributed by atoms with Crippen molar-refractivity contribution in [3.05, 3.63) is 76.5 Å². The summed E-state index contributed by atoms with van der Waals surface area (Å²) in [6, 6.07) is 14.3. The van der Waals surface area contributed by atoms with Gasteiger partial charge in [0.1, 0.15) is 11.6 Å². The molecule has 4 aromatic rings. The van der Waals surface area contributed by atoms with E-state index < -0.39 is 0 Å². The number of rotatable bonds is 2. The summed E-state index contributed by atoms with van der Waals surface area (Å²) in [5, 5.41) is 5.75. The molecule has 3 aliphatic heterocycles. The lowest BCUT2D eigenvalue weighted by Gasteiger charge is -2.40. The van der Waals surface area contributed by atoms with Crippen LogP contribution in [0.1, 0.15) is 43.0 Å². The van der Waals surface area contributed by atoms with Gasteiger partial charge in [0.2, 0.25) is 0 Å². The van der Waals surface area contributed by atoms with Gasteiger partial charge in [-0.2, -0.15) is 9.61 Å². The van der Waals surface area contributed by atoms with Crippen LogP contribution in [-0.4, -0.2) is 59.6 Å². The third kappa shape index (κ3) is 5.99. The molecule has 0 N–H and O–H groups in total. The average Bonchev–Trinajstić information content (AvgIpc) is 3.42. The molecule has 7 rings (SSSR count). The monoisotopic (exact) mass is 600 g/mol. The molecule has 1 fully saturated rings. The third-order valence-corrected chi connectivity index (χ3v) is 8.92. The summed E-state index contributed by atoms with van der Waals surface area (Å²) in [6.07, 6.45) is 6.75. The zero-order valence-corrected chi connectivity index (χ0v) is 25.9. The zero-order valence-electron chi connectivity index (χ0n) is 25.2. The van der Waals surface area contributed by atoms with Crippen LogP contribution in [0, 0.1) is 13.8 Å². The lowest BCUT2D eigenvalue weighted by atomic mass is 9.93. The van der Waals surface area contributed by atoms with Crippen molar-refractivity contribution in [1.29, 1.82) is 0 Å². The van der Waals surface area contributed by atoms with Gasteiger partial charge in [-0.25, -0.2) is 4.98 Å². The molecular weight excluding hydrogens is 564 g/mol.